The van der Waals surface area contributed by atoms with Crippen molar-refractivity contribution in [1.29, 1.82) is 0 Å². The van der Waals surface area contributed by atoms with Gasteiger partial charge in [-0.3, -0.25) is 0 Å². The zero-order valence-electron chi connectivity index (χ0n) is 8.12. The topological polar surface area (TPSA) is 43.7 Å². The molecule has 0 aromatic heterocycles. The Kier molecular flexibility index (Phi) is 2.76. The summed E-state index contributed by atoms with van der Waals surface area (Å²) in [5.74, 6) is 0.299. The summed E-state index contributed by atoms with van der Waals surface area (Å²) in [5.41, 5.74) is -0.869. The van der Waals surface area contributed by atoms with Gasteiger partial charge >= 0.3 is 0 Å². The van der Waals surface area contributed by atoms with Crippen LogP contribution >= 0.6 is 0 Å². The number of piperidine rings is 1. The first-order valence-electron chi connectivity index (χ1n) is 4.52. The zero-order chi connectivity index (χ0) is 9.35. The van der Waals surface area contributed by atoms with E-state index in [1.165, 1.54) is 0 Å². The number of rotatable bonds is 1. The second kappa shape index (κ2) is 3.32. The lowest BCUT2D eigenvalue weighted by Gasteiger charge is -2.45. The maximum atomic E-state index is 10.1. The fourth-order valence-electron chi connectivity index (χ4n) is 2.12. The van der Waals surface area contributed by atoms with Gasteiger partial charge in [0.25, 0.3) is 0 Å². The van der Waals surface area contributed by atoms with Crippen molar-refractivity contribution in [2.45, 2.75) is 19.4 Å². The number of hydrogen-bond donors (Lipinski definition) is 2. The van der Waals surface area contributed by atoms with Gasteiger partial charge in [-0.2, -0.15) is 0 Å². The van der Waals surface area contributed by atoms with Crippen molar-refractivity contribution < 1.29 is 10.2 Å². The normalized spacial score (nSPS) is 44.8. The minimum absolute atomic E-state index is 0.122. The lowest BCUT2D eigenvalue weighted by atomic mass is 9.76. The monoisotopic (exact) mass is 173 g/mol. The van der Waals surface area contributed by atoms with Crippen LogP contribution in [0.2, 0.25) is 0 Å². The maximum absolute atomic E-state index is 10.1. The van der Waals surface area contributed by atoms with Crippen molar-refractivity contribution in [3.8, 4) is 0 Å². The first-order valence-corrected chi connectivity index (χ1v) is 4.52. The van der Waals surface area contributed by atoms with Crippen LogP contribution in [-0.4, -0.2) is 47.5 Å². The van der Waals surface area contributed by atoms with Crippen LogP contribution in [0.5, 0.6) is 0 Å². The molecule has 0 aliphatic carbocycles. The largest absolute Gasteiger partial charge is 0.393 e. The van der Waals surface area contributed by atoms with E-state index in [1.54, 1.807) is 0 Å². The van der Waals surface area contributed by atoms with Gasteiger partial charge in [0.2, 0.25) is 0 Å². The Balaban J connectivity index is 2.73. The first-order chi connectivity index (χ1) is 5.50. The second-order valence-corrected chi connectivity index (χ2v) is 4.17. The van der Waals surface area contributed by atoms with Crippen molar-refractivity contribution in [3.63, 3.8) is 0 Å². The SMILES string of the molecule is CC1CN(C)CC(C)C1(O)CO. The van der Waals surface area contributed by atoms with Crippen molar-refractivity contribution in [2.24, 2.45) is 11.8 Å². The van der Waals surface area contributed by atoms with E-state index in [1.807, 2.05) is 20.9 Å². The molecule has 0 radical (unpaired) electrons. The molecule has 1 saturated heterocycles. The molecule has 1 rings (SSSR count). The Hall–Kier alpha value is -0.120. The van der Waals surface area contributed by atoms with Gasteiger partial charge < -0.3 is 15.1 Å². The highest BCUT2D eigenvalue weighted by Crippen LogP contribution is 2.31. The van der Waals surface area contributed by atoms with Crippen molar-refractivity contribution in [1.82, 2.24) is 4.90 Å². The Morgan fingerprint density at radius 1 is 1.33 bits per heavy atom. The third kappa shape index (κ3) is 1.49. The van der Waals surface area contributed by atoms with Crippen LogP contribution in [0.3, 0.4) is 0 Å². The van der Waals surface area contributed by atoms with Crippen LogP contribution in [0.1, 0.15) is 13.8 Å². The third-order valence-electron chi connectivity index (χ3n) is 3.13. The molecule has 0 amide bonds. The molecule has 2 unspecified atom stereocenters. The average Bonchev–Trinajstić information content (AvgIpc) is 2.00. The van der Waals surface area contributed by atoms with E-state index in [9.17, 15) is 5.11 Å². The molecule has 3 nitrogen and oxygen atoms in total. The molecule has 0 aromatic carbocycles. The Morgan fingerprint density at radius 3 is 2.08 bits per heavy atom. The smallest absolute Gasteiger partial charge is 0.0952 e. The van der Waals surface area contributed by atoms with Crippen LogP contribution in [0.25, 0.3) is 0 Å². The van der Waals surface area contributed by atoms with E-state index in [-0.39, 0.29) is 18.4 Å². The van der Waals surface area contributed by atoms with Gasteiger partial charge in [-0.15, -0.1) is 0 Å². The lowest BCUT2D eigenvalue weighted by molar-refractivity contribution is -0.129. The molecule has 0 saturated carbocycles. The molecule has 0 spiro atoms. The second-order valence-electron chi connectivity index (χ2n) is 4.17. The summed E-state index contributed by atoms with van der Waals surface area (Å²) in [4.78, 5) is 2.19. The minimum atomic E-state index is -0.869. The van der Waals surface area contributed by atoms with Crippen molar-refractivity contribution in [3.05, 3.63) is 0 Å². The molecular weight excluding hydrogens is 154 g/mol. The summed E-state index contributed by atoms with van der Waals surface area (Å²) in [6.07, 6.45) is 0. The number of likely N-dealkylation sites (tertiary alicyclic amines) is 1. The Bertz CT molecular complexity index is 149. The molecular formula is C9H19NO2. The molecule has 12 heavy (non-hydrogen) atoms. The van der Waals surface area contributed by atoms with Crippen molar-refractivity contribution in [2.75, 3.05) is 26.7 Å². The van der Waals surface area contributed by atoms with Crippen LogP contribution in [0.15, 0.2) is 0 Å². The zero-order valence-corrected chi connectivity index (χ0v) is 8.12. The fraction of sp³-hybridized carbons (Fsp3) is 1.00. The van der Waals surface area contributed by atoms with Crippen LogP contribution < -0.4 is 0 Å². The molecule has 1 aliphatic heterocycles. The highest BCUT2D eigenvalue weighted by Gasteiger charge is 2.42. The first kappa shape index (κ1) is 9.96. The highest BCUT2D eigenvalue weighted by atomic mass is 16.3. The van der Waals surface area contributed by atoms with E-state index in [2.05, 4.69) is 4.90 Å². The van der Waals surface area contributed by atoms with Crippen LogP contribution in [0, 0.1) is 11.8 Å². The molecule has 2 N–H and O–H groups in total. The van der Waals surface area contributed by atoms with Gasteiger partial charge in [-0.1, -0.05) is 13.8 Å². The summed E-state index contributed by atoms with van der Waals surface area (Å²) in [5, 5.41) is 19.2. The predicted molar refractivity (Wildman–Crippen MR) is 47.9 cm³/mol. The number of hydrogen-bond acceptors (Lipinski definition) is 3. The molecule has 0 aromatic rings. The Labute approximate surface area is 74.0 Å². The highest BCUT2D eigenvalue weighted by molar-refractivity contribution is 4.94. The van der Waals surface area contributed by atoms with E-state index in [0.29, 0.717) is 0 Å². The van der Waals surface area contributed by atoms with Crippen LogP contribution in [-0.2, 0) is 0 Å². The maximum Gasteiger partial charge on any atom is 0.0952 e. The Morgan fingerprint density at radius 2 is 1.75 bits per heavy atom. The molecule has 1 heterocycles. The summed E-state index contributed by atoms with van der Waals surface area (Å²) < 4.78 is 0. The molecule has 72 valence electrons. The van der Waals surface area contributed by atoms with E-state index in [4.69, 9.17) is 5.11 Å². The van der Waals surface area contributed by atoms with E-state index < -0.39 is 5.60 Å². The molecule has 1 aliphatic rings. The van der Waals surface area contributed by atoms with Gasteiger partial charge in [-0.25, -0.2) is 0 Å². The van der Waals surface area contributed by atoms with Crippen LogP contribution in [0.4, 0.5) is 0 Å². The summed E-state index contributed by atoms with van der Waals surface area (Å²) in [6, 6.07) is 0. The van der Waals surface area contributed by atoms with E-state index in [0.717, 1.165) is 13.1 Å². The summed E-state index contributed by atoms with van der Waals surface area (Å²) >= 11 is 0. The van der Waals surface area contributed by atoms with Gasteiger partial charge in [-0.05, 0) is 7.05 Å². The minimum Gasteiger partial charge on any atom is -0.393 e. The van der Waals surface area contributed by atoms with E-state index >= 15 is 0 Å². The number of nitrogens with zero attached hydrogens (tertiary/aromatic N) is 1. The van der Waals surface area contributed by atoms with Gasteiger partial charge in [0.15, 0.2) is 0 Å². The molecule has 1 fully saturated rings. The third-order valence-corrected chi connectivity index (χ3v) is 3.13. The lowest BCUT2D eigenvalue weighted by Crippen LogP contribution is -2.57. The van der Waals surface area contributed by atoms with Gasteiger partial charge in [0.05, 0.1) is 12.2 Å². The molecule has 3 heteroatoms. The predicted octanol–water partition coefficient (Wildman–Crippen LogP) is -0.0726. The standard InChI is InChI=1S/C9H19NO2/c1-7-4-10(3)5-8(2)9(7,12)6-11/h7-8,11-12H,4-6H2,1-3H3. The van der Waals surface area contributed by atoms with Crippen molar-refractivity contribution >= 4 is 0 Å². The fourth-order valence-corrected chi connectivity index (χ4v) is 2.12. The average molecular weight is 173 g/mol. The quantitative estimate of drug-likeness (QED) is 0.583. The number of aliphatic hydroxyl groups is 2. The van der Waals surface area contributed by atoms with Gasteiger partial charge in [0.1, 0.15) is 0 Å². The molecule has 2 atom stereocenters. The summed E-state index contributed by atoms with van der Waals surface area (Å²) in [7, 11) is 2.05. The number of aliphatic hydroxyl groups excluding tert-OH is 1. The van der Waals surface area contributed by atoms with Gasteiger partial charge in [0, 0.05) is 24.9 Å². The molecule has 0 bridgehead atoms. The summed E-state index contributed by atoms with van der Waals surface area (Å²) in [6.45, 7) is 5.58.